The van der Waals surface area contributed by atoms with Crippen molar-refractivity contribution < 1.29 is 4.79 Å². The minimum Gasteiger partial charge on any atom is -0.393 e. The Morgan fingerprint density at radius 3 is 2.94 bits per heavy atom. The van der Waals surface area contributed by atoms with Crippen molar-refractivity contribution in [2.75, 3.05) is 13.6 Å². The summed E-state index contributed by atoms with van der Waals surface area (Å²) in [5, 5.41) is 2.59. The number of nitrogens with two attached hydrogens (primary N) is 1. The second-order valence-electron chi connectivity index (χ2n) is 3.55. The fourth-order valence-electron chi connectivity index (χ4n) is 1.37. The van der Waals surface area contributed by atoms with E-state index in [1.807, 2.05) is 12.1 Å². The minimum absolute atomic E-state index is 0.148. The van der Waals surface area contributed by atoms with Crippen LogP contribution in [0, 0.1) is 0 Å². The molecule has 0 saturated carbocycles. The molecule has 1 heterocycles. The van der Waals surface area contributed by atoms with E-state index < -0.39 is 0 Å². The molecule has 0 spiro atoms. The van der Waals surface area contributed by atoms with Crippen molar-refractivity contribution >= 4 is 23.2 Å². The van der Waals surface area contributed by atoms with Crippen molar-refractivity contribution in [3.8, 4) is 0 Å². The normalized spacial score (nSPS) is 9.71. The third-order valence-corrected chi connectivity index (χ3v) is 2.43. The summed E-state index contributed by atoms with van der Waals surface area (Å²) in [4.78, 5) is 17.7. The second-order valence-corrected chi connectivity index (χ2v) is 4.08. The molecule has 6 heteroatoms. The van der Waals surface area contributed by atoms with Crippen LogP contribution in [0.15, 0.2) is 24.5 Å². The maximum atomic E-state index is 11.6. The van der Waals surface area contributed by atoms with Crippen molar-refractivity contribution in [3.63, 3.8) is 0 Å². The summed E-state index contributed by atoms with van der Waals surface area (Å²) < 4.78 is 0. The largest absolute Gasteiger partial charge is 0.393 e. The van der Waals surface area contributed by atoms with E-state index in [4.69, 9.17) is 18.0 Å². The summed E-state index contributed by atoms with van der Waals surface area (Å²) in [6.45, 7) is 1.00. The maximum absolute atomic E-state index is 11.6. The van der Waals surface area contributed by atoms with Crippen LogP contribution in [0.1, 0.15) is 12.0 Å². The van der Waals surface area contributed by atoms with E-state index >= 15 is 0 Å². The van der Waals surface area contributed by atoms with Crippen molar-refractivity contribution in [2.24, 2.45) is 5.73 Å². The van der Waals surface area contributed by atoms with Crippen LogP contribution in [0.3, 0.4) is 0 Å². The number of urea groups is 1. The maximum Gasteiger partial charge on any atom is 0.317 e. The number of thiocarbonyl (C=S) groups is 1. The van der Waals surface area contributed by atoms with Gasteiger partial charge >= 0.3 is 6.03 Å². The van der Waals surface area contributed by atoms with Crippen molar-refractivity contribution in [1.82, 2.24) is 15.2 Å². The summed E-state index contributed by atoms with van der Waals surface area (Å²) in [7, 11) is 1.60. The van der Waals surface area contributed by atoms with Gasteiger partial charge in [0.15, 0.2) is 0 Å². The number of nitrogens with one attached hydrogen (secondary N) is 1. The number of amides is 2. The van der Waals surface area contributed by atoms with Crippen LogP contribution in [0.5, 0.6) is 0 Å². The summed E-state index contributed by atoms with van der Waals surface area (Å²) >= 11 is 4.81. The van der Waals surface area contributed by atoms with Gasteiger partial charge in [-0.3, -0.25) is 4.98 Å². The molecule has 0 aliphatic heterocycles. The Morgan fingerprint density at radius 1 is 1.65 bits per heavy atom. The van der Waals surface area contributed by atoms with Crippen LogP contribution in [-0.4, -0.2) is 34.5 Å². The zero-order valence-corrected chi connectivity index (χ0v) is 10.5. The van der Waals surface area contributed by atoms with Gasteiger partial charge in [0.2, 0.25) is 0 Å². The number of pyridine rings is 1. The monoisotopic (exact) mass is 252 g/mol. The molecule has 1 aromatic heterocycles. The molecule has 1 rings (SSSR count). The molecule has 3 N–H and O–H groups in total. The summed E-state index contributed by atoms with van der Waals surface area (Å²) in [6, 6.07) is 3.61. The first-order chi connectivity index (χ1) is 8.13. The Kier molecular flexibility index (Phi) is 5.35. The van der Waals surface area contributed by atoms with Crippen molar-refractivity contribution in [2.45, 2.75) is 13.0 Å². The van der Waals surface area contributed by atoms with Crippen molar-refractivity contribution in [3.05, 3.63) is 30.1 Å². The molecule has 92 valence electrons. The van der Waals surface area contributed by atoms with Crippen LogP contribution in [0.25, 0.3) is 0 Å². The zero-order chi connectivity index (χ0) is 12.7. The number of aromatic nitrogens is 1. The van der Waals surface area contributed by atoms with E-state index in [0.717, 1.165) is 5.56 Å². The lowest BCUT2D eigenvalue weighted by molar-refractivity contribution is 0.199. The van der Waals surface area contributed by atoms with Gasteiger partial charge in [0.05, 0.1) is 4.99 Å². The SMILES string of the molecule is CNC(=O)N(CCC(N)=S)Cc1cccnc1. The van der Waals surface area contributed by atoms with Gasteiger partial charge in [0.25, 0.3) is 0 Å². The van der Waals surface area contributed by atoms with Crippen LogP contribution in [0.4, 0.5) is 4.79 Å². The average Bonchev–Trinajstić information content (AvgIpc) is 2.34. The van der Waals surface area contributed by atoms with Crippen LogP contribution in [-0.2, 0) is 6.54 Å². The third-order valence-electron chi connectivity index (χ3n) is 2.23. The topological polar surface area (TPSA) is 71.2 Å². The molecule has 0 radical (unpaired) electrons. The Hall–Kier alpha value is -1.69. The fraction of sp³-hybridized carbons (Fsp3) is 0.364. The zero-order valence-electron chi connectivity index (χ0n) is 9.72. The number of nitrogens with zero attached hydrogens (tertiary/aromatic N) is 2. The molecule has 0 bridgehead atoms. The first kappa shape index (κ1) is 13.4. The molecule has 0 fully saturated rings. The summed E-state index contributed by atoms with van der Waals surface area (Å²) in [6.07, 6.45) is 3.95. The van der Waals surface area contributed by atoms with Gasteiger partial charge in [-0.25, -0.2) is 4.79 Å². The molecule has 1 aromatic rings. The molecule has 0 saturated heterocycles. The molecule has 17 heavy (non-hydrogen) atoms. The van der Waals surface area contributed by atoms with Crippen LogP contribution in [0.2, 0.25) is 0 Å². The first-order valence-corrected chi connectivity index (χ1v) is 5.68. The lowest BCUT2D eigenvalue weighted by Crippen LogP contribution is -2.39. The predicted octanol–water partition coefficient (Wildman–Crippen LogP) is 0.899. The number of hydrogen-bond acceptors (Lipinski definition) is 3. The molecule has 0 unspecified atom stereocenters. The van der Waals surface area contributed by atoms with E-state index in [1.54, 1.807) is 24.3 Å². The number of carbonyl (C=O) groups is 1. The van der Waals surface area contributed by atoms with Crippen molar-refractivity contribution in [1.29, 1.82) is 0 Å². The van der Waals surface area contributed by atoms with E-state index in [-0.39, 0.29) is 6.03 Å². The number of hydrogen-bond donors (Lipinski definition) is 2. The van der Waals surface area contributed by atoms with Crippen LogP contribution < -0.4 is 11.1 Å². The molecule has 0 atom stereocenters. The molecular weight excluding hydrogens is 236 g/mol. The highest BCUT2D eigenvalue weighted by atomic mass is 32.1. The van der Waals surface area contributed by atoms with Gasteiger partial charge in [-0.15, -0.1) is 0 Å². The lowest BCUT2D eigenvalue weighted by atomic mass is 10.2. The van der Waals surface area contributed by atoms with Crippen LogP contribution >= 0.6 is 12.2 Å². The van der Waals surface area contributed by atoms with Gasteiger partial charge in [0.1, 0.15) is 0 Å². The molecule has 0 aliphatic rings. The first-order valence-electron chi connectivity index (χ1n) is 5.27. The standard InChI is InChI=1S/C11H16N4OS/c1-13-11(16)15(6-4-10(12)17)8-9-3-2-5-14-7-9/h2-3,5,7H,4,6,8H2,1H3,(H2,12,17)(H,13,16). The van der Waals surface area contributed by atoms with E-state index in [1.165, 1.54) is 0 Å². The molecule has 0 aromatic carbocycles. The molecule has 5 nitrogen and oxygen atoms in total. The number of rotatable bonds is 5. The van der Waals surface area contributed by atoms with Gasteiger partial charge in [-0.1, -0.05) is 18.3 Å². The van der Waals surface area contributed by atoms with E-state index in [2.05, 4.69) is 10.3 Å². The average molecular weight is 252 g/mol. The molecular formula is C11H16N4OS. The highest BCUT2D eigenvalue weighted by Crippen LogP contribution is 2.04. The summed E-state index contributed by atoms with van der Waals surface area (Å²) in [5.41, 5.74) is 6.41. The summed E-state index contributed by atoms with van der Waals surface area (Å²) in [5.74, 6) is 0. The predicted molar refractivity (Wildman–Crippen MR) is 70.5 cm³/mol. The van der Waals surface area contributed by atoms with Gasteiger partial charge < -0.3 is 16.0 Å². The van der Waals surface area contributed by atoms with Gasteiger partial charge in [-0.05, 0) is 11.6 Å². The molecule has 2 amide bonds. The Morgan fingerprint density at radius 2 is 2.41 bits per heavy atom. The lowest BCUT2D eigenvalue weighted by Gasteiger charge is -2.21. The fourth-order valence-corrected chi connectivity index (χ4v) is 1.46. The van der Waals surface area contributed by atoms with E-state index in [0.29, 0.717) is 24.5 Å². The highest BCUT2D eigenvalue weighted by Gasteiger charge is 2.12. The number of carbonyl (C=O) groups excluding carboxylic acids is 1. The Balaban J connectivity index is 2.63. The van der Waals surface area contributed by atoms with E-state index in [9.17, 15) is 4.79 Å². The third kappa shape index (κ3) is 4.78. The Bertz CT molecular complexity index is 382. The molecule has 0 aliphatic carbocycles. The minimum atomic E-state index is -0.148. The highest BCUT2D eigenvalue weighted by molar-refractivity contribution is 7.80. The quantitative estimate of drug-likeness (QED) is 0.764. The van der Waals surface area contributed by atoms with Gasteiger partial charge in [0, 0.05) is 39.0 Å². The smallest absolute Gasteiger partial charge is 0.317 e. The van der Waals surface area contributed by atoms with Gasteiger partial charge in [-0.2, -0.15) is 0 Å². The second kappa shape index (κ2) is 6.80. The Labute approximate surface area is 106 Å².